The summed E-state index contributed by atoms with van der Waals surface area (Å²) in [5.74, 6) is 0.501. The van der Waals surface area contributed by atoms with Gasteiger partial charge in [-0.25, -0.2) is 0 Å². The minimum absolute atomic E-state index is 0.0573. The third kappa shape index (κ3) is 3.37. The number of nitrogens with one attached hydrogen (secondary N) is 1. The van der Waals surface area contributed by atoms with Crippen LogP contribution in [-0.2, 0) is 11.3 Å². The Bertz CT molecular complexity index is 816. The van der Waals surface area contributed by atoms with Crippen LogP contribution in [0.5, 0.6) is 0 Å². The van der Waals surface area contributed by atoms with Gasteiger partial charge >= 0.3 is 0 Å². The fourth-order valence-corrected chi connectivity index (χ4v) is 2.55. The van der Waals surface area contributed by atoms with Gasteiger partial charge in [0.1, 0.15) is 5.76 Å². The molecular weight excluding hydrogens is 304 g/mol. The molecule has 3 rings (SSSR count). The summed E-state index contributed by atoms with van der Waals surface area (Å²) in [6.45, 7) is 6.23. The molecule has 0 aliphatic heterocycles. The quantitative estimate of drug-likeness (QED) is 0.781. The first-order valence-corrected chi connectivity index (χ1v) is 7.84. The maximum absolute atomic E-state index is 12.4. The second kappa shape index (κ2) is 6.70. The van der Waals surface area contributed by atoms with Crippen LogP contribution in [0.2, 0.25) is 0 Å². The first-order valence-electron chi connectivity index (χ1n) is 7.84. The van der Waals surface area contributed by atoms with E-state index >= 15 is 0 Å². The second-order valence-corrected chi connectivity index (χ2v) is 5.85. The minimum Gasteiger partial charge on any atom is -0.361 e. The maximum Gasteiger partial charge on any atom is 0.231 e. The zero-order chi connectivity index (χ0) is 17.1. The van der Waals surface area contributed by atoms with E-state index in [1.165, 1.54) is 0 Å². The second-order valence-electron chi connectivity index (χ2n) is 5.85. The fraction of sp³-hybridized carbons (Fsp3) is 0.278. The molecule has 0 spiro atoms. The summed E-state index contributed by atoms with van der Waals surface area (Å²) < 4.78 is 6.92. The van der Waals surface area contributed by atoms with Gasteiger partial charge in [-0.3, -0.25) is 9.48 Å². The molecule has 6 nitrogen and oxygen atoms in total. The molecular formula is C18H20N4O2. The van der Waals surface area contributed by atoms with Crippen molar-refractivity contribution in [1.29, 1.82) is 0 Å². The van der Waals surface area contributed by atoms with Crippen molar-refractivity contribution in [2.45, 2.75) is 33.2 Å². The van der Waals surface area contributed by atoms with Crippen molar-refractivity contribution in [2.24, 2.45) is 0 Å². The molecule has 24 heavy (non-hydrogen) atoms. The Balaban J connectivity index is 1.67. The molecule has 0 saturated heterocycles. The SMILES string of the molecule is Cc1noc(C)c1Cn1cc(NC(=O)C(C)c2ccccc2)cn1. The van der Waals surface area contributed by atoms with Crippen LogP contribution in [0.25, 0.3) is 0 Å². The van der Waals surface area contributed by atoms with Gasteiger partial charge in [0.25, 0.3) is 0 Å². The van der Waals surface area contributed by atoms with Gasteiger partial charge in [-0.2, -0.15) is 5.10 Å². The summed E-state index contributed by atoms with van der Waals surface area (Å²) in [6, 6.07) is 9.70. The Morgan fingerprint density at radius 2 is 2.04 bits per heavy atom. The predicted octanol–water partition coefficient (Wildman–Crippen LogP) is 3.28. The van der Waals surface area contributed by atoms with Crippen molar-refractivity contribution in [3.05, 3.63) is 65.3 Å². The lowest BCUT2D eigenvalue weighted by molar-refractivity contribution is -0.117. The van der Waals surface area contributed by atoms with Crippen molar-refractivity contribution in [3.63, 3.8) is 0 Å². The van der Waals surface area contributed by atoms with Crippen LogP contribution < -0.4 is 5.32 Å². The van der Waals surface area contributed by atoms with Crippen molar-refractivity contribution in [2.75, 3.05) is 5.32 Å². The molecule has 0 saturated carbocycles. The molecule has 6 heteroatoms. The lowest BCUT2D eigenvalue weighted by atomic mass is 10.0. The number of amides is 1. The van der Waals surface area contributed by atoms with E-state index in [2.05, 4.69) is 15.6 Å². The highest BCUT2D eigenvalue weighted by atomic mass is 16.5. The Labute approximate surface area is 140 Å². The number of aryl methyl sites for hydroxylation is 2. The lowest BCUT2D eigenvalue weighted by Crippen LogP contribution is -2.18. The number of carbonyl (C=O) groups excluding carboxylic acids is 1. The number of carbonyl (C=O) groups is 1. The molecule has 1 aromatic carbocycles. The summed E-state index contributed by atoms with van der Waals surface area (Å²) >= 11 is 0. The molecule has 1 amide bonds. The molecule has 124 valence electrons. The van der Waals surface area contributed by atoms with Gasteiger partial charge < -0.3 is 9.84 Å². The first-order chi connectivity index (χ1) is 11.5. The van der Waals surface area contributed by atoms with E-state index in [9.17, 15) is 4.79 Å². The molecule has 0 fully saturated rings. The number of hydrogen-bond acceptors (Lipinski definition) is 4. The molecule has 3 aromatic rings. The van der Waals surface area contributed by atoms with Gasteiger partial charge in [-0.1, -0.05) is 35.5 Å². The molecule has 1 unspecified atom stereocenters. The predicted molar refractivity (Wildman–Crippen MR) is 90.8 cm³/mol. The van der Waals surface area contributed by atoms with Crippen molar-refractivity contribution in [1.82, 2.24) is 14.9 Å². The Morgan fingerprint density at radius 1 is 1.29 bits per heavy atom. The Hall–Kier alpha value is -2.89. The summed E-state index contributed by atoms with van der Waals surface area (Å²) in [5, 5.41) is 11.1. The van der Waals surface area contributed by atoms with E-state index in [0.717, 1.165) is 22.6 Å². The number of aromatic nitrogens is 3. The maximum atomic E-state index is 12.4. The molecule has 2 heterocycles. The van der Waals surface area contributed by atoms with Crippen LogP contribution in [0, 0.1) is 13.8 Å². The van der Waals surface area contributed by atoms with E-state index in [0.29, 0.717) is 12.2 Å². The highest BCUT2D eigenvalue weighted by molar-refractivity contribution is 5.95. The van der Waals surface area contributed by atoms with Gasteiger partial charge in [-0.05, 0) is 26.3 Å². The normalized spacial score (nSPS) is 12.1. The van der Waals surface area contributed by atoms with Gasteiger partial charge in [0.15, 0.2) is 0 Å². The van der Waals surface area contributed by atoms with E-state index in [4.69, 9.17) is 4.52 Å². The van der Waals surface area contributed by atoms with Crippen molar-refractivity contribution >= 4 is 11.6 Å². The standard InChI is InChI=1S/C18H20N4O2/c1-12(15-7-5-4-6-8-15)18(23)20-16-9-19-22(10-16)11-17-13(2)21-24-14(17)3/h4-10,12H,11H2,1-3H3,(H,20,23). The lowest BCUT2D eigenvalue weighted by Gasteiger charge is -2.11. The molecule has 0 radical (unpaired) electrons. The highest BCUT2D eigenvalue weighted by Crippen LogP contribution is 2.18. The smallest absolute Gasteiger partial charge is 0.231 e. The zero-order valence-corrected chi connectivity index (χ0v) is 14.0. The topological polar surface area (TPSA) is 73.0 Å². The highest BCUT2D eigenvalue weighted by Gasteiger charge is 2.16. The third-order valence-corrected chi connectivity index (χ3v) is 4.09. The molecule has 1 atom stereocenters. The molecule has 0 aliphatic rings. The summed E-state index contributed by atoms with van der Waals surface area (Å²) in [5.41, 5.74) is 3.52. The number of hydrogen-bond donors (Lipinski definition) is 1. The monoisotopic (exact) mass is 324 g/mol. The minimum atomic E-state index is -0.225. The van der Waals surface area contributed by atoms with E-state index in [1.807, 2.05) is 57.3 Å². The average molecular weight is 324 g/mol. The van der Waals surface area contributed by atoms with Crippen molar-refractivity contribution < 1.29 is 9.32 Å². The zero-order valence-electron chi connectivity index (χ0n) is 14.0. The van der Waals surface area contributed by atoms with Crippen LogP contribution in [-0.4, -0.2) is 20.8 Å². The molecule has 0 bridgehead atoms. The summed E-state index contributed by atoms with van der Waals surface area (Å²) in [6.07, 6.45) is 3.45. The van der Waals surface area contributed by atoms with Crippen LogP contribution in [0.15, 0.2) is 47.2 Å². The van der Waals surface area contributed by atoms with E-state index < -0.39 is 0 Å². The molecule has 0 aliphatic carbocycles. The number of benzene rings is 1. The fourth-order valence-electron chi connectivity index (χ4n) is 2.55. The van der Waals surface area contributed by atoms with Crippen molar-refractivity contribution in [3.8, 4) is 0 Å². The number of rotatable bonds is 5. The first kappa shape index (κ1) is 16.0. The Morgan fingerprint density at radius 3 is 2.71 bits per heavy atom. The van der Waals surface area contributed by atoms with Crippen LogP contribution in [0.3, 0.4) is 0 Å². The molecule has 2 aromatic heterocycles. The number of nitrogens with zero attached hydrogens (tertiary/aromatic N) is 3. The Kier molecular flexibility index (Phi) is 4.46. The van der Waals surface area contributed by atoms with Crippen LogP contribution in [0.1, 0.15) is 35.4 Å². The number of anilines is 1. The largest absolute Gasteiger partial charge is 0.361 e. The molecule has 1 N–H and O–H groups in total. The van der Waals surface area contributed by atoms with E-state index in [1.54, 1.807) is 10.9 Å². The van der Waals surface area contributed by atoms with Gasteiger partial charge in [-0.15, -0.1) is 0 Å². The van der Waals surface area contributed by atoms with Gasteiger partial charge in [0.2, 0.25) is 5.91 Å². The summed E-state index contributed by atoms with van der Waals surface area (Å²) in [4.78, 5) is 12.4. The van der Waals surface area contributed by atoms with E-state index in [-0.39, 0.29) is 11.8 Å². The summed E-state index contributed by atoms with van der Waals surface area (Å²) in [7, 11) is 0. The van der Waals surface area contributed by atoms with Gasteiger partial charge in [0, 0.05) is 11.8 Å². The van der Waals surface area contributed by atoms with Gasteiger partial charge in [0.05, 0.1) is 30.0 Å². The van der Waals surface area contributed by atoms with Crippen LogP contribution >= 0.6 is 0 Å². The third-order valence-electron chi connectivity index (χ3n) is 4.09. The average Bonchev–Trinajstić information content (AvgIpc) is 3.16. The van der Waals surface area contributed by atoms with Crippen LogP contribution in [0.4, 0.5) is 5.69 Å².